The molecule has 0 radical (unpaired) electrons. The highest BCUT2D eigenvalue weighted by molar-refractivity contribution is 5.91. The van der Waals surface area contributed by atoms with Crippen molar-refractivity contribution in [1.29, 1.82) is 0 Å². The van der Waals surface area contributed by atoms with Crippen molar-refractivity contribution in [2.45, 2.75) is 45.7 Å². The third-order valence-electron chi connectivity index (χ3n) is 2.39. The maximum absolute atomic E-state index is 11.9. The molecule has 8 heteroatoms. The van der Waals surface area contributed by atoms with Crippen molar-refractivity contribution >= 4 is 23.8 Å². The van der Waals surface area contributed by atoms with Gasteiger partial charge in [-0.15, -0.1) is 0 Å². The third kappa shape index (κ3) is 7.34. The van der Waals surface area contributed by atoms with Gasteiger partial charge in [0, 0.05) is 6.92 Å². The minimum atomic E-state index is -1.52. The molecule has 0 bridgehead atoms. The molecule has 0 aromatic heterocycles. The van der Waals surface area contributed by atoms with Gasteiger partial charge in [-0.3, -0.25) is 14.4 Å². The van der Waals surface area contributed by atoms with Crippen LogP contribution in [0, 0.1) is 5.92 Å². The molecule has 2 amide bonds. The first-order valence-corrected chi connectivity index (χ1v) is 6.15. The summed E-state index contributed by atoms with van der Waals surface area (Å²) in [5.74, 6) is -3.80. The van der Waals surface area contributed by atoms with E-state index in [9.17, 15) is 19.2 Å². The number of rotatable bonds is 8. The summed E-state index contributed by atoms with van der Waals surface area (Å²) in [6.45, 7) is 4.93. The average molecular weight is 288 g/mol. The molecule has 114 valence electrons. The summed E-state index contributed by atoms with van der Waals surface area (Å²) in [6.07, 6.45) is -0.402. The Kier molecular flexibility index (Phi) is 7.27. The fourth-order valence-corrected chi connectivity index (χ4v) is 1.60. The van der Waals surface area contributed by atoms with Crippen LogP contribution in [-0.2, 0) is 19.2 Å². The van der Waals surface area contributed by atoms with Crippen LogP contribution < -0.4 is 10.6 Å². The predicted molar refractivity (Wildman–Crippen MR) is 68.9 cm³/mol. The molecule has 0 aromatic rings. The Morgan fingerprint density at radius 2 is 1.55 bits per heavy atom. The van der Waals surface area contributed by atoms with Crippen LogP contribution in [0.15, 0.2) is 0 Å². The molecule has 0 aliphatic rings. The zero-order chi connectivity index (χ0) is 15.9. The van der Waals surface area contributed by atoms with Crippen molar-refractivity contribution < 1.29 is 29.4 Å². The Hall–Kier alpha value is -2.12. The van der Waals surface area contributed by atoms with E-state index in [1.165, 1.54) is 6.92 Å². The molecule has 0 unspecified atom stereocenters. The summed E-state index contributed by atoms with van der Waals surface area (Å²) in [5, 5.41) is 22.0. The highest BCUT2D eigenvalue weighted by Crippen LogP contribution is 2.06. The van der Waals surface area contributed by atoms with Gasteiger partial charge in [0.2, 0.25) is 11.8 Å². The Morgan fingerprint density at radius 3 is 1.90 bits per heavy atom. The van der Waals surface area contributed by atoms with Crippen LogP contribution >= 0.6 is 0 Å². The van der Waals surface area contributed by atoms with Gasteiger partial charge in [0.15, 0.2) is 0 Å². The minimum absolute atomic E-state index is 0.0975. The molecule has 0 aliphatic heterocycles. The SMILES string of the molecule is CC(=O)N[C@@H](CC(C)C)C(=O)N[C@H](CC(=O)O)C(=O)O. The quantitative estimate of drug-likeness (QED) is 0.479. The molecule has 0 aliphatic carbocycles. The standard InChI is InChI=1S/C12H20N2O6/c1-6(2)4-8(13-7(3)15)11(18)14-9(12(19)20)5-10(16)17/h6,8-9H,4-5H2,1-3H3,(H,13,15)(H,14,18)(H,16,17)(H,19,20)/t8-,9+/m0/s1. The highest BCUT2D eigenvalue weighted by Gasteiger charge is 2.27. The van der Waals surface area contributed by atoms with Crippen LogP contribution in [0.4, 0.5) is 0 Å². The summed E-state index contributed by atoms with van der Waals surface area (Å²) >= 11 is 0. The lowest BCUT2D eigenvalue weighted by molar-refractivity contribution is -0.147. The second-order valence-electron chi connectivity index (χ2n) is 4.88. The van der Waals surface area contributed by atoms with Gasteiger partial charge < -0.3 is 20.8 Å². The van der Waals surface area contributed by atoms with Gasteiger partial charge in [-0.1, -0.05) is 13.8 Å². The number of carbonyl (C=O) groups is 4. The van der Waals surface area contributed by atoms with Crippen LogP contribution in [0.3, 0.4) is 0 Å². The monoisotopic (exact) mass is 288 g/mol. The lowest BCUT2D eigenvalue weighted by atomic mass is 10.0. The van der Waals surface area contributed by atoms with Gasteiger partial charge in [0.05, 0.1) is 6.42 Å². The van der Waals surface area contributed by atoms with Crippen LogP contribution in [0.2, 0.25) is 0 Å². The average Bonchev–Trinajstić information content (AvgIpc) is 2.24. The van der Waals surface area contributed by atoms with E-state index in [4.69, 9.17) is 10.2 Å². The van der Waals surface area contributed by atoms with E-state index in [0.717, 1.165) is 0 Å². The van der Waals surface area contributed by atoms with Gasteiger partial charge >= 0.3 is 11.9 Å². The molecule has 2 atom stereocenters. The molecule has 0 aromatic carbocycles. The van der Waals surface area contributed by atoms with E-state index < -0.39 is 42.3 Å². The summed E-state index contributed by atoms with van der Waals surface area (Å²) in [4.78, 5) is 44.4. The highest BCUT2D eigenvalue weighted by atomic mass is 16.4. The second-order valence-corrected chi connectivity index (χ2v) is 4.88. The number of hydrogen-bond acceptors (Lipinski definition) is 4. The second kappa shape index (κ2) is 8.13. The van der Waals surface area contributed by atoms with Gasteiger partial charge in [-0.2, -0.15) is 0 Å². The fourth-order valence-electron chi connectivity index (χ4n) is 1.60. The van der Waals surface area contributed by atoms with Crippen LogP contribution in [0.25, 0.3) is 0 Å². The summed E-state index contributed by atoms with van der Waals surface area (Å²) in [6, 6.07) is -2.41. The smallest absolute Gasteiger partial charge is 0.326 e. The zero-order valence-electron chi connectivity index (χ0n) is 11.7. The van der Waals surface area contributed by atoms with E-state index in [-0.39, 0.29) is 5.92 Å². The Labute approximate surface area is 116 Å². The van der Waals surface area contributed by atoms with E-state index >= 15 is 0 Å². The van der Waals surface area contributed by atoms with Crippen molar-refractivity contribution in [2.75, 3.05) is 0 Å². The molecular weight excluding hydrogens is 268 g/mol. The van der Waals surface area contributed by atoms with Gasteiger partial charge in [-0.05, 0) is 12.3 Å². The molecule has 0 heterocycles. The topological polar surface area (TPSA) is 133 Å². The summed E-state index contributed by atoms with van der Waals surface area (Å²) in [5.41, 5.74) is 0. The van der Waals surface area contributed by atoms with Crippen molar-refractivity contribution in [3.63, 3.8) is 0 Å². The van der Waals surface area contributed by atoms with E-state index in [2.05, 4.69) is 10.6 Å². The first-order valence-electron chi connectivity index (χ1n) is 6.15. The van der Waals surface area contributed by atoms with Crippen molar-refractivity contribution in [3.05, 3.63) is 0 Å². The molecule has 20 heavy (non-hydrogen) atoms. The number of carboxylic acid groups (broad SMARTS) is 2. The number of amides is 2. The minimum Gasteiger partial charge on any atom is -0.481 e. The number of carbonyl (C=O) groups excluding carboxylic acids is 2. The Balaban J connectivity index is 4.81. The van der Waals surface area contributed by atoms with Gasteiger partial charge in [0.25, 0.3) is 0 Å². The van der Waals surface area contributed by atoms with Crippen molar-refractivity contribution in [3.8, 4) is 0 Å². The largest absolute Gasteiger partial charge is 0.481 e. The van der Waals surface area contributed by atoms with E-state index in [1.54, 1.807) is 0 Å². The number of hydrogen-bond donors (Lipinski definition) is 4. The molecule has 0 spiro atoms. The molecule has 4 N–H and O–H groups in total. The first-order chi connectivity index (χ1) is 9.13. The van der Waals surface area contributed by atoms with Crippen LogP contribution in [0.5, 0.6) is 0 Å². The molecule has 0 saturated carbocycles. The number of aliphatic carboxylic acids is 2. The van der Waals surface area contributed by atoms with E-state index in [0.29, 0.717) is 6.42 Å². The molecule has 0 fully saturated rings. The maximum atomic E-state index is 11.9. The third-order valence-corrected chi connectivity index (χ3v) is 2.39. The van der Waals surface area contributed by atoms with Gasteiger partial charge in [0.1, 0.15) is 12.1 Å². The summed E-state index contributed by atoms with van der Waals surface area (Å²) in [7, 11) is 0. The summed E-state index contributed by atoms with van der Waals surface area (Å²) < 4.78 is 0. The molecule has 8 nitrogen and oxygen atoms in total. The Morgan fingerprint density at radius 1 is 1.00 bits per heavy atom. The van der Waals surface area contributed by atoms with Crippen molar-refractivity contribution in [1.82, 2.24) is 10.6 Å². The number of nitrogens with one attached hydrogen (secondary N) is 2. The number of carboxylic acids is 2. The fraction of sp³-hybridized carbons (Fsp3) is 0.667. The van der Waals surface area contributed by atoms with Crippen molar-refractivity contribution in [2.24, 2.45) is 5.92 Å². The maximum Gasteiger partial charge on any atom is 0.326 e. The van der Waals surface area contributed by atoms with E-state index in [1.807, 2.05) is 13.8 Å². The molecular formula is C12H20N2O6. The Bertz CT molecular complexity index is 393. The predicted octanol–water partition coefficient (Wildman–Crippen LogP) is -0.419. The van der Waals surface area contributed by atoms with Gasteiger partial charge in [-0.25, -0.2) is 4.79 Å². The van der Waals surface area contributed by atoms with Crippen LogP contribution in [-0.4, -0.2) is 46.0 Å². The normalized spacial score (nSPS) is 13.4. The van der Waals surface area contributed by atoms with Crippen LogP contribution in [0.1, 0.15) is 33.6 Å². The molecule has 0 saturated heterocycles. The lowest BCUT2D eigenvalue weighted by Crippen LogP contribution is -2.52. The zero-order valence-corrected chi connectivity index (χ0v) is 11.7. The lowest BCUT2D eigenvalue weighted by Gasteiger charge is -2.21. The molecule has 0 rings (SSSR count). The first kappa shape index (κ1) is 17.9.